The predicted octanol–water partition coefficient (Wildman–Crippen LogP) is 4.54. The highest BCUT2D eigenvalue weighted by molar-refractivity contribution is 9.10. The van der Waals surface area contributed by atoms with Gasteiger partial charge in [0.15, 0.2) is 0 Å². The Bertz CT molecular complexity index is 604. The summed E-state index contributed by atoms with van der Waals surface area (Å²) in [7, 11) is 0. The molecular weight excluding hydrogens is 309 g/mol. The van der Waals surface area contributed by atoms with Crippen molar-refractivity contribution in [1.82, 2.24) is 5.32 Å². The minimum Gasteiger partial charge on any atom is -0.459 e. The molecule has 1 heterocycles. The van der Waals surface area contributed by atoms with Crippen LogP contribution in [0, 0.1) is 5.82 Å². The van der Waals surface area contributed by atoms with Crippen molar-refractivity contribution in [1.29, 1.82) is 0 Å². The van der Waals surface area contributed by atoms with Crippen LogP contribution < -0.4 is 5.32 Å². The molecule has 0 saturated heterocycles. The van der Waals surface area contributed by atoms with Crippen molar-refractivity contribution in [3.8, 4) is 0 Å². The van der Waals surface area contributed by atoms with E-state index < -0.39 is 0 Å². The van der Waals surface area contributed by atoms with Crippen LogP contribution in [-0.2, 0) is 13.0 Å². The molecule has 1 aliphatic carbocycles. The van der Waals surface area contributed by atoms with Gasteiger partial charge in [0.2, 0.25) is 0 Å². The fourth-order valence-corrected chi connectivity index (χ4v) is 2.73. The van der Waals surface area contributed by atoms with Crippen molar-refractivity contribution < 1.29 is 8.81 Å². The highest BCUT2D eigenvalue weighted by Crippen LogP contribution is 2.32. The Labute approximate surface area is 120 Å². The Morgan fingerprint density at radius 3 is 2.89 bits per heavy atom. The lowest BCUT2D eigenvalue weighted by atomic mass is 10.1. The molecule has 0 spiro atoms. The molecule has 0 radical (unpaired) electrons. The number of aryl methyl sites for hydroxylation is 1. The topological polar surface area (TPSA) is 25.2 Å². The highest BCUT2D eigenvalue weighted by Gasteiger charge is 2.22. The molecule has 19 heavy (non-hydrogen) atoms. The number of hydrogen-bond donors (Lipinski definition) is 1. The Morgan fingerprint density at radius 1 is 1.42 bits per heavy atom. The molecule has 1 aromatic heterocycles. The lowest BCUT2D eigenvalue weighted by molar-refractivity contribution is 0.503. The molecule has 102 valence electrons. The van der Waals surface area contributed by atoms with Crippen LogP contribution in [0.1, 0.15) is 37.5 Å². The summed E-state index contributed by atoms with van der Waals surface area (Å²) in [5.74, 6) is 0.687. The molecule has 0 amide bonds. The number of furan rings is 1. The summed E-state index contributed by atoms with van der Waals surface area (Å²) in [6.45, 7) is 2.89. The molecule has 2 aromatic rings. The number of halogens is 2. The quantitative estimate of drug-likeness (QED) is 0.873. The van der Waals surface area contributed by atoms with Gasteiger partial charge in [0.1, 0.15) is 17.2 Å². The smallest absolute Gasteiger partial charge is 0.141 e. The number of fused-ring (bicyclic) bond motifs is 1. The van der Waals surface area contributed by atoms with Crippen molar-refractivity contribution >= 4 is 26.9 Å². The van der Waals surface area contributed by atoms with Gasteiger partial charge in [0.05, 0.1) is 11.0 Å². The van der Waals surface area contributed by atoms with Crippen LogP contribution in [0.3, 0.4) is 0 Å². The second kappa shape index (κ2) is 5.25. The normalized spacial score (nSPS) is 15.3. The molecule has 3 rings (SSSR count). The van der Waals surface area contributed by atoms with Crippen LogP contribution in [0.15, 0.2) is 21.0 Å². The first-order valence-corrected chi connectivity index (χ1v) is 7.61. The first-order chi connectivity index (χ1) is 9.19. The van der Waals surface area contributed by atoms with Gasteiger partial charge in [-0.1, -0.05) is 13.3 Å². The van der Waals surface area contributed by atoms with Crippen molar-refractivity contribution in [2.24, 2.45) is 0 Å². The molecule has 1 saturated carbocycles. The maximum atomic E-state index is 13.6. The third-order valence-electron chi connectivity index (χ3n) is 3.55. The summed E-state index contributed by atoms with van der Waals surface area (Å²) in [6.07, 6.45) is 4.53. The molecule has 4 heteroatoms. The van der Waals surface area contributed by atoms with Gasteiger partial charge >= 0.3 is 0 Å². The van der Waals surface area contributed by atoms with Gasteiger partial charge in [-0.2, -0.15) is 0 Å². The molecule has 0 atom stereocenters. The minimum absolute atomic E-state index is 0.272. The summed E-state index contributed by atoms with van der Waals surface area (Å²) >= 11 is 3.25. The molecule has 0 bridgehead atoms. The summed E-state index contributed by atoms with van der Waals surface area (Å²) < 4.78 is 19.9. The Balaban J connectivity index is 2.00. The van der Waals surface area contributed by atoms with Crippen LogP contribution >= 0.6 is 15.9 Å². The van der Waals surface area contributed by atoms with Crippen LogP contribution in [0.5, 0.6) is 0 Å². The first-order valence-electron chi connectivity index (χ1n) is 6.81. The van der Waals surface area contributed by atoms with Crippen molar-refractivity contribution in [3.05, 3.63) is 33.7 Å². The Hall–Kier alpha value is -0.870. The van der Waals surface area contributed by atoms with Crippen LogP contribution in [0.25, 0.3) is 11.0 Å². The summed E-state index contributed by atoms with van der Waals surface area (Å²) in [6, 6.07) is 3.95. The van der Waals surface area contributed by atoms with E-state index in [-0.39, 0.29) is 5.82 Å². The molecule has 2 nitrogen and oxygen atoms in total. The zero-order valence-electron chi connectivity index (χ0n) is 10.9. The maximum absolute atomic E-state index is 13.6. The molecule has 1 N–H and O–H groups in total. The van der Waals surface area contributed by atoms with Gasteiger partial charge in [-0.25, -0.2) is 4.39 Å². The van der Waals surface area contributed by atoms with Gasteiger partial charge in [0.25, 0.3) is 0 Å². The highest BCUT2D eigenvalue weighted by atomic mass is 79.9. The van der Waals surface area contributed by atoms with Crippen LogP contribution in [0.4, 0.5) is 4.39 Å². The zero-order chi connectivity index (χ0) is 13.4. The Morgan fingerprint density at radius 2 is 2.21 bits per heavy atom. The summed E-state index contributed by atoms with van der Waals surface area (Å²) in [5, 5.41) is 4.49. The number of benzene rings is 1. The maximum Gasteiger partial charge on any atom is 0.141 e. The third-order valence-corrected chi connectivity index (χ3v) is 4.15. The fourth-order valence-electron chi connectivity index (χ4n) is 2.38. The van der Waals surface area contributed by atoms with Crippen molar-refractivity contribution in [2.75, 3.05) is 0 Å². The van der Waals surface area contributed by atoms with E-state index in [2.05, 4.69) is 28.2 Å². The molecule has 1 fully saturated rings. The minimum atomic E-state index is -0.272. The molecule has 1 aliphatic rings. The summed E-state index contributed by atoms with van der Waals surface area (Å²) in [4.78, 5) is 0. The van der Waals surface area contributed by atoms with E-state index in [9.17, 15) is 4.39 Å². The predicted molar refractivity (Wildman–Crippen MR) is 77.7 cm³/mol. The average molecular weight is 326 g/mol. The second-order valence-corrected chi connectivity index (χ2v) is 6.03. The summed E-state index contributed by atoms with van der Waals surface area (Å²) in [5.41, 5.74) is 1.86. The number of hydrogen-bond acceptors (Lipinski definition) is 2. The van der Waals surface area contributed by atoms with E-state index in [0.717, 1.165) is 30.5 Å². The molecular formula is C15H17BrFNO. The lowest BCUT2D eigenvalue weighted by Crippen LogP contribution is -2.15. The number of rotatable bonds is 5. The average Bonchev–Trinajstić information content (AvgIpc) is 3.15. The standard InChI is InChI=1S/C15H17BrFNO/c1-2-3-10-11-6-12(16)13(17)7-14(11)19-15(10)8-18-9-4-5-9/h6-7,9,18H,2-5,8H2,1H3. The van der Waals surface area contributed by atoms with Gasteiger partial charge in [0, 0.05) is 23.1 Å². The van der Waals surface area contributed by atoms with Gasteiger partial charge in [-0.05, 0) is 41.3 Å². The van der Waals surface area contributed by atoms with Gasteiger partial charge in [-0.3, -0.25) is 0 Å². The third kappa shape index (κ3) is 2.70. The van der Waals surface area contributed by atoms with E-state index >= 15 is 0 Å². The van der Waals surface area contributed by atoms with E-state index in [1.165, 1.54) is 24.5 Å². The lowest BCUT2D eigenvalue weighted by Gasteiger charge is -2.03. The van der Waals surface area contributed by atoms with Crippen LogP contribution in [-0.4, -0.2) is 6.04 Å². The molecule has 0 aliphatic heterocycles. The van der Waals surface area contributed by atoms with Crippen molar-refractivity contribution in [2.45, 2.75) is 45.2 Å². The largest absolute Gasteiger partial charge is 0.459 e. The second-order valence-electron chi connectivity index (χ2n) is 5.17. The van der Waals surface area contributed by atoms with Gasteiger partial charge < -0.3 is 9.73 Å². The van der Waals surface area contributed by atoms with E-state index in [1.54, 1.807) is 0 Å². The Kier molecular flexibility index (Phi) is 3.63. The number of nitrogens with one attached hydrogen (secondary N) is 1. The SMILES string of the molecule is CCCc1c(CNC2CC2)oc2cc(F)c(Br)cc12. The molecule has 0 unspecified atom stereocenters. The fraction of sp³-hybridized carbons (Fsp3) is 0.467. The van der Waals surface area contributed by atoms with E-state index in [1.807, 2.05) is 6.07 Å². The van der Waals surface area contributed by atoms with E-state index in [4.69, 9.17) is 4.42 Å². The van der Waals surface area contributed by atoms with Crippen LogP contribution in [0.2, 0.25) is 0 Å². The van der Waals surface area contributed by atoms with Crippen molar-refractivity contribution in [3.63, 3.8) is 0 Å². The molecule has 1 aromatic carbocycles. The first kappa shape index (κ1) is 13.1. The monoisotopic (exact) mass is 325 g/mol. The zero-order valence-corrected chi connectivity index (χ0v) is 12.5. The van der Waals surface area contributed by atoms with Gasteiger partial charge in [-0.15, -0.1) is 0 Å². The van der Waals surface area contributed by atoms with E-state index in [0.29, 0.717) is 16.1 Å².